The van der Waals surface area contributed by atoms with Crippen LogP contribution >= 0.6 is 0 Å². The first-order valence-electron chi connectivity index (χ1n) is 5.05. The molecule has 1 rings (SSSR count). The Balaban J connectivity index is 2.72. The van der Waals surface area contributed by atoms with Gasteiger partial charge in [-0.1, -0.05) is 30.3 Å². The van der Waals surface area contributed by atoms with Crippen LogP contribution in [0, 0.1) is 0 Å². The molecule has 0 spiro atoms. The molecule has 0 aliphatic heterocycles. The van der Waals surface area contributed by atoms with Gasteiger partial charge in [0, 0.05) is 6.42 Å². The molecular formula is C12H13NO3. The summed E-state index contributed by atoms with van der Waals surface area (Å²) in [6, 6.07) is 8.55. The molecule has 0 unspecified atom stereocenters. The van der Waals surface area contributed by atoms with Crippen LogP contribution in [-0.2, 0) is 20.7 Å². The Labute approximate surface area is 94.0 Å². The van der Waals surface area contributed by atoms with Gasteiger partial charge in [0.15, 0.2) is 6.04 Å². The van der Waals surface area contributed by atoms with E-state index >= 15 is 0 Å². The summed E-state index contributed by atoms with van der Waals surface area (Å²) in [5.74, 6) is -0.491. The van der Waals surface area contributed by atoms with Gasteiger partial charge in [0.1, 0.15) is 0 Å². The van der Waals surface area contributed by atoms with Crippen LogP contribution in [0.3, 0.4) is 0 Å². The smallest absolute Gasteiger partial charge is 0.332 e. The van der Waals surface area contributed by atoms with Gasteiger partial charge in [-0.25, -0.2) is 9.59 Å². The van der Waals surface area contributed by atoms with Gasteiger partial charge in [-0.15, -0.1) is 0 Å². The van der Waals surface area contributed by atoms with Crippen molar-refractivity contribution >= 4 is 12.0 Å². The van der Waals surface area contributed by atoms with Gasteiger partial charge in [-0.05, 0) is 12.5 Å². The molecule has 0 saturated heterocycles. The van der Waals surface area contributed by atoms with E-state index in [1.165, 1.54) is 6.08 Å². The number of isocyanates is 1. The van der Waals surface area contributed by atoms with Crippen molar-refractivity contribution in [1.29, 1.82) is 0 Å². The lowest BCUT2D eigenvalue weighted by Crippen LogP contribution is -2.23. The fraction of sp³-hybridized carbons (Fsp3) is 0.333. The summed E-state index contributed by atoms with van der Waals surface area (Å²) >= 11 is 0. The van der Waals surface area contributed by atoms with Crippen molar-refractivity contribution in [2.75, 3.05) is 6.61 Å². The highest BCUT2D eigenvalue weighted by atomic mass is 16.5. The molecule has 4 nitrogen and oxygen atoms in total. The maximum Gasteiger partial charge on any atom is 0.332 e. The lowest BCUT2D eigenvalue weighted by Gasteiger charge is -2.09. The molecule has 4 heteroatoms. The quantitative estimate of drug-likeness (QED) is 0.428. The second-order valence-electron chi connectivity index (χ2n) is 3.18. The number of aliphatic imine (C=N–C) groups is 1. The van der Waals surface area contributed by atoms with Crippen molar-refractivity contribution < 1.29 is 14.3 Å². The van der Waals surface area contributed by atoms with E-state index in [4.69, 9.17) is 4.74 Å². The van der Waals surface area contributed by atoms with Crippen LogP contribution < -0.4 is 0 Å². The Bertz CT molecular complexity index is 383. The summed E-state index contributed by atoms with van der Waals surface area (Å²) in [4.78, 5) is 25.1. The zero-order valence-corrected chi connectivity index (χ0v) is 9.05. The Morgan fingerprint density at radius 2 is 2.12 bits per heavy atom. The number of rotatable bonds is 5. The average molecular weight is 219 g/mol. The van der Waals surface area contributed by atoms with Crippen LogP contribution in [0.15, 0.2) is 35.3 Å². The van der Waals surface area contributed by atoms with E-state index in [0.717, 1.165) is 5.56 Å². The minimum Gasteiger partial charge on any atom is -0.464 e. The topological polar surface area (TPSA) is 55.7 Å². The van der Waals surface area contributed by atoms with Crippen LogP contribution in [0.2, 0.25) is 0 Å². The van der Waals surface area contributed by atoms with Gasteiger partial charge in [-0.3, -0.25) is 0 Å². The first kappa shape index (κ1) is 12.1. The third-order valence-electron chi connectivity index (χ3n) is 2.04. The van der Waals surface area contributed by atoms with Crippen LogP contribution in [-0.4, -0.2) is 24.7 Å². The summed E-state index contributed by atoms with van der Waals surface area (Å²) in [5, 5.41) is 0. The number of nitrogens with zero attached hydrogens (tertiary/aromatic N) is 1. The number of hydrogen-bond donors (Lipinski definition) is 0. The van der Waals surface area contributed by atoms with E-state index in [0.29, 0.717) is 6.42 Å². The van der Waals surface area contributed by atoms with E-state index in [1.807, 2.05) is 30.3 Å². The molecule has 0 N–H and O–H groups in total. The van der Waals surface area contributed by atoms with Crippen molar-refractivity contribution in [2.24, 2.45) is 4.99 Å². The predicted octanol–water partition coefficient (Wildman–Crippen LogP) is 1.50. The zero-order valence-electron chi connectivity index (χ0n) is 9.05. The van der Waals surface area contributed by atoms with Crippen LogP contribution in [0.5, 0.6) is 0 Å². The standard InChI is InChI=1S/C12H13NO3/c1-2-16-12(15)11(13-9-14)8-10-6-4-3-5-7-10/h3-7,11H,2,8H2,1H3/t11-/m1/s1. The molecule has 0 radical (unpaired) electrons. The second kappa shape index (κ2) is 6.53. The average Bonchev–Trinajstić information content (AvgIpc) is 2.30. The van der Waals surface area contributed by atoms with Gasteiger partial charge in [0.25, 0.3) is 0 Å². The Morgan fingerprint density at radius 3 is 2.69 bits per heavy atom. The number of carbonyl (C=O) groups excluding carboxylic acids is 2. The molecule has 0 aliphatic rings. The molecule has 0 bridgehead atoms. The first-order chi connectivity index (χ1) is 7.77. The SMILES string of the molecule is CCOC(=O)[C@@H](Cc1ccccc1)N=C=O. The molecule has 1 aromatic carbocycles. The highest BCUT2D eigenvalue weighted by molar-refractivity contribution is 5.77. The number of benzene rings is 1. The summed E-state index contributed by atoms with van der Waals surface area (Å²) in [7, 11) is 0. The summed E-state index contributed by atoms with van der Waals surface area (Å²) in [5.41, 5.74) is 0.930. The van der Waals surface area contributed by atoms with Crippen molar-refractivity contribution in [3.63, 3.8) is 0 Å². The molecule has 0 heterocycles. The van der Waals surface area contributed by atoms with Crippen LogP contribution in [0.1, 0.15) is 12.5 Å². The van der Waals surface area contributed by atoms with Gasteiger partial charge in [-0.2, -0.15) is 4.99 Å². The highest BCUT2D eigenvalue weighted by Gasteiger charge is 2.19. The molecule has 84 valence electrons. The van der Waals surface area contributed by atoms with E-state index < -0.39 is 12.0 Å². The van der Waals surface area contributed by atoms with Gasteiger partial charge in [0.05, 0.1) is 6.61 Å². The largest absolute Gasteiger partial charge is 0.464 e. The first-order valence-corrected chi connectivity index (χ1v) is 5.05. The van der Waals surface area contributed by atoms with Gasteiger partial charge >= 0.3 is 5.97 Å². The van der Waals surface area contributed by atoms with Crippen molar-refractivity contribution in [1.82, 2.24) is 0 Å². The molecule has 0 saturated carbocycles. The second-order valence-corrected chi connectivity index (χ2v) is 3.18. The van der Waals surface area contributed by atoms with E-state index in [9.17, 15) is 9.59 Å². The molecule has 0 aliphatic carbocycles. The number of ether oxygens (including phenoxy) is 1. The van der Waals surface area contributed by atoms with Crippen molar-refractivity contribution in [3.8, 4) is 0 Å². The molecule has 0 amide bonds. The van der Waals surface area contributed by atoms with Crippen molar-refractivity contribution in [2.45, 2.75) is 19.4 Å². The minimum absolute atomic E-state index is 0.276. The number of esters is 1. The molecule has 1 aromatic rings. The minimum atomic E-state index is -0.792. The predicted molar refractivity (Wildman–Crippen MR) is 58.7 cm³/mol. The fourth-order valence-corrected chi connectivity index (χ4v) is 1.32. The van der Waals surface area contributed by atoms with E-state index in [1.54, 1.807) is 6.92 Å². The zero-order chi connectivity index (χ0) is 11.8. The Hall–Kier alpha value is -1.93. The maximum absolute atomic E-state index is 11.4. The van der Waals surface area contributed by atoms with Crippen LogP contribution in [0.25, 0.3) is 0 Å². The van der Waals surface area contributed by atoms with E-state index in [-0.39, 0.29) is 6.61 Å². The molecule has 1 atom stereocenters. The molecule has 0 aromatic heterocycles. The number of hydrogen-bond acceptors (Lipinski definition) is 4. The van der Waals surface area contributed by atoms with Crippen LogP contribution in [0.4, 0.5) is 0 Å². The lowest BCUT2D eigenvalue weighted by molar-refractivity contribution is -0.144. The third-order valence-corrected chi connectivity index (χ3v) is 2.04. The van der Waals surface area contributed by atoms with Crippen molar-refractivity contribution in [3.05, 3.63) is 35.9 Å². The summed E-state index contributed by atoms with van der Waals surface area (Å²) < 4.78 is 4.82. The van der Waals surface area contributed by atoms with Gasteiger partial charge in [0.2, 0.25) is 6.08 Å². The molecule has 16 heavy (non-hydrogen) atoms. The highest BCUT2D eigenvalue weighted by Crippen LogP contribution is 2.07. The molecular weight excluding hydrogens is 206 g/mol. The lowest BCUT2D eigenvalue weighted by atomic mass is 10.1. The Kier molecular flexibility index (Phi) is 4.96. The van der Waals surface area contributed by atoms with Gasteiger partial charge < -0.3 is 4.74 Å². The van der Waals surface area contributed by atoms with E-state index in [2.05, 4.69) is 4.99 Å². The molecule has 0 fully saturated rings. The third kappa shape index (κ3) is 3.67. The Morgan fingerprint density at radius 1 is 1.44 bits per heavy atom. The maximum atomic E-state index is 11.4. The number of carbonyl (C=O) groups is 1. The summed E-state index contributed by atoms with van der Waals surface area (Å²) in [6.45, 7) is 1.99. The summed E-state index contributed by atoms with van der Waals surface area (Å²) in [6.07, 6.45) is 1.76. The normalized spacial score (nSPS) is 11.3. The monoisotopic (exact) mass is 219 g/mol. The fourth-order valence-electron chi connectivity index (χ4n) is 1.32.